The fourth-order valence-corrected chi connectivity index (χ4v) is 3.14. The summed E-state index contributed by atoms with van der Waals surface area (Å²) in [6, 6.07) is 2.31. The number of nitrogens with one attached hydrogen (secondary N) is 2. The Kier molecular flexibility index (Phi) is 9.71. The molecule has 0 aliphatic heterocycles. The van der Waals surface area contributed by atoms with Crippen LogP contribution < -0.4 is 10.0 Å². The predicted molar refractivity (Wildman–Crippen MR) is 83.6 cm³/mol. The van der Waals surface area contributed by atoms with Crippen molar-refractivity contribution in [2.45, 2.75) is 4.90 Å². The summed E-state index contributed by atoms with van der Waals surface area (Å²) in [6.45, 7) is 1.69. The van der Waals surface area contributed by atoms with Crippen LogP contribution in [0.5, 0.6) is 0 Å². The normalized spacial score (nSPS) is 11.2. The van der Waals surface area contributed by atoms with E-state index in [9.17, 15) is 12.8 Å². The van der Waals surface area contributed by atoms with Gasteiger partial charge in [-0.15, -0.1) is 12.4 Å². The molecule has 0 aliphatic rings. The van der Waals surface area contributed by atoms with Gasteiger partial charge in [-0.1, -0.05) is 23.2 Å². The van der Waals surface area contributed by atoms with Gasteiger partial charge in [-0.05, 0) is 12.1 Å². The molecule has 0 radical (unpaired) electrons. The van der Waals surface area contributed by atoms with Crippen molar-refractivity contribution in [3.05, 3.63) is 28.0 Å². The summed E-state index contributed by atoms with van der Waals surface area (Å²) in [5, 5.41) is 2.22. The molecule has 0 bridgehead atoms. The molecule has 0 aliphatic carbocycles. The maximum absolute atomic E-state index is 13.5. The monoisotopic (exact) mass is 380 g/mol. The van der Waals surface area contributed by atoms with Gasteiger partial charge in [0, 0.05) is 26.7 Å². The van der Waals surface area contributed by atoms with E-state index in [0.717, 1.165) is 12.1 Å². The van der Waals surface area contributed by atoms with Crippen LogP contribution in [0.4, 0.5) is 4.39 Å². The van der Waals surface area contributed by atoms with Gasteiger partial charge in [-0.3, -0.25) is 0 Å². The summed E-state index contributed by atoms with van der Waals surface area (Å²) in [4.78, 5) is -0.335. The SMILES string of the molecule is COCCNCCNS(=O)(=O)c1ccc(Cl)c(F)c1Cl.Cl. The zero-order valence-corrected chi connectivity index (χ0v) is 14.3. The van der Waals surface area contributed by atoms with E-state index in [2.05, 4.69) is 10.0 Å². The summed E-state index contributed by atoms with van der Waals surface area (Å²) in [5.74, 6) is -0.950. The topological polar surface area (TPSA) is 67.4 Å². The lowest BCUT2D eigenvalue weighted by Gasteiger charge is -2.10. The lowest BCUT2D eigenvalue weighted by molar-refractivity contribution is 0.199. The first-order valence-electron chi connectivity index (χ1n) is 5.73. The fraction of sp³-hybridized carbons (Fsp3) is 0.455. The van der Waals surface area contributed by atoms with Gasteiger partial charge in [0.2, 0.25) is 10.0 Å². The highest BCUT2D eigenvalue weighted by atomic mass is 35.5. The highest BCUT2D eigenvalue weighted by molar-refractivity contribution is 7.89. The van der Waals surface area contributed by atoms with E-state index in [1.165, 1.54) is 0 Å². The maximum Gasteiger partial charge on any atom is 0.242 e. The number of ether oxygens (including phenoxy) is 1. The van der Waals surface area contributed by atoms with E-state index in [4.69, 9.17) is 27.9 Å². The van der Waals surface area contributed by atoms with Crippen LogP contribution in [0.1, 0.15) is 0 Å². The Balaban J connectivity index is 0.00000400. The van der Waals surface area contributed by atoms with E-state index in [1.54, 1.807) is 7.11 Å². The van der Waals surface area contributed by atoms with E-state index in [-0.39, 0.29) is 28.9 Å². The smallest absolute Gasteiger partial charge is 0.242 e. The second-order valence-corrected chi connectivity index (χ2v) is 6.33. The Morgan fingerprint density at radius 3 is 2.52 bits per heavy atom. The Bertz CT molecular complexity index is 558. The summed E-state index contributed by atoms with van der Waals surface area (Å²) >= 11 is 11.2. The number of benzene rings is 1. The Morgan fingerprint density at radius 2 is 1.90 bits per heavy atom. The minimum Gasteiger partial charge on any atom is -0.383 e. The molecule has 122 valence electrons. The number of sulfonamides is 1. The zero-order valence-electron chi connectivity index (χ0n) is 11.2. The third-order valence-electron chi connectivity index (χ3n) is 2.37. The number of hydrogen-bond donors (Lipinski definition) is 2. The van der Waals surface area contributed by atoms with E-state index in [1.807, 2.05) is 0 Å². The van der Waals surface area contributed by atoms with Gasteiger partial charge in [0.25, 0.3) is 0 Å². The molecule has 10 heteroatoms. The molecule has 21 heavy (non-hydrogen) atoms. The third kappa shape index (κ3) is 6.23. The van der Waals surface area contributed by atoms with Crippen LogP contribution in [0.3, 0.4) is 0 Å². The first-order chi connectivity index (χ1) is 9.40. The highest BCUT2D eigenvalue weighted by Gasteiger charge is 2.21. The molecular weight excluding hydrogens is 366 g/mol. The quantitative estimate of drug-likeness (QED) is 0.534. The summed E-state index contributed by atoms with van der Waals surface area (Å²) in [6.07, 6.45) is 0. The fourth-order valence-electron chi connectivity index (χ4n) is 1.37. The van der Waals surface area contributed by atoms with Crippen molar-refractivity contribution >= 4 is 45.6 Å². The van der Waals surface area contributed by atoms with Crippen LogP contribution in [0, 0.1) is 5.82 Å². The number of methoxy groups -OCH3 is 1. The molecule has 1 aromatic carbocycles. The van der Waals surface area contributed by atoms with Crippen LogP contribution >= 0.6 is 35.6 Å². The minimum absolute atomic E-state index is 0. The van der Waals surface area contributed by atoms with Crippen LogP contribution in [-0.2, 0) is 14.8 Å². The Morgan fingerprint density at radius 1 is 1.24 bits per heavy atom. The van der Waals surface area contributed by atoms with Gasteiger partial charge in [-0.2, -0.15) is 0 Å². The van der Waals surface area contributed by atoms with Crippen molar-refractivity contribution in [1.82, 2.24) is 10.0 Å². The molecule has 0 fully saturated rings. The van der Waals surface area contributed by atoms with Gasteiger partial charge < -0.3 is 10.1 Å². The van der Waals surface area contributed by atoms with Gasteiger partial charge in [0.05, 0.1) is 16.7 Å². The van der Waals surface area contributed by atoms with Crippen molar-refractivity contribution in [3.8, 4) is 0 Å². The molecular formula is C11H16Cl3FN2O3S. The average Bonchev–Trinajstić information content (AvgIpc) is 2.39. The standard InChI is InChI=1S/C11H15Cl2FN2O3S.ClH/c1-19-7-6-15-4-5-16-20(17,18)9-3-2-8(12)11(14)10(9)13;/h2-3,15-16H,4-7H2,1H3;1H. The van der Waals surface area contributed by atoms with Crippen molar-refractivity contribution in [1.29, 1.82) is 0 Å². The van der Waals surface area contributed by atoms with Gasteiger partial charge in [-0.25, -0.2) is 17.5 Å². The first-order valence-corrected chi connectivity index (χ1v) is 7.97. The van der Waals surface area contributed by atoms with Crippen LogP contribution in [0.15, 0.2) is 17.0 Å². The number of halogens is 4. The molecule has 0 atom stereocenters. The van der Waals surface area contributed by atoms with E-state index < -0.39 is 20.9 Å². The summed E-state index contributed by atoms with van der Waals surface area (Å²) in [7, 11) is -2.30. The van der Waals surface area contributed by atoms with Gasteiger partial charge >= 0.3 is 0 Å². The lowest BCUT2D eigenvalue weighted by Crippen LogP contribution is -2.33. The molecule has 0 heterocycles. The second-order valence-electron chi connectivity index (χ2n) is 3.81. The summed E-state index contributed by atoms with van der Waals surface area (Å²) in [5.41, 5.74) is 0. The third-order valence-corrected chi connectivity index (χ3v) is 4.64. The van der Waals surface area contributed by atoms with Crippen LogP contribution in [-0.4, -0.2) is 41.8 Å². The molecule has 1 rings (SSSR count). The predicted octanol–water partition coefficient (Wildman–Crippen LogP) is 2.07. The van der Waals surface area contributed by atoms with Crippen molar-refractivity contribution in [3.63, 3.8) is 0 Å². The second kappa shape index (κ2) is 9.78. The molecule has 0 unspecified atom stereocenters. The molecule has 1 aromatic rings. The van der Waals surface area contributed by atoms with Crippen molar-refractivity contribution in [2.24, 2.45) is 0 Å². The maximum atomic E-state index is 13.5. The largest absolute Gasteiger partial charge is 0.383 e. The average molecular weight is 382 g/mol. The molecule has 5 nitrogen and oxygen atoms in total. The number of rotatable bonds is 8. The molecule has 2 N–H and O–H groups in total. The van der Waals surface area contributed by atoms with Gasteiger partial charge in [0.1, 0.15) is 4.90 Å². The lowest BCUT2D eigenvalue weighted by atomic mass is 10.3. The highest BCUT2D eigenvalue weighted by Crippen LogP contribution is 2.29. The summed E-state index contributed by atoms with van der Waals surface area (Å²) < 4.78 is 44.5. The Hall–Kier alpha value is -0.150. The molecule has 0 saturated carbocycles. The van der Waals surface area contributed by atoms with Crippen LogP contribution in [0.25, 0.3) is 0 Å². The molecule has 0 saturated heterocycles. The first kappa shape index (κ1) is 20.9. The zero-order chi connectivity index (χ0) is 15.2. The molecule has 0 amide bonds. The van der Waals surface area contributed by atoms with E-state index in [0.29, 0.717) is 19.7 Å². The van der Waals surface area contributed by atoms with Crippen LogP contribution in [0.2, 0.25) is 10.0 Å². The van der Waals surface area contributed by atoms with E-state index >= 15 is 0 Å². The number of hydrogen-bond acceptors (Lipinski definition) is 4. The Labute approximate surface area is 139 Å². The molecule has 0 spiro atoms. The van der Waals surface area contributed by atoms with Gasteiger partial charge in [0.15, 0.2) is 5.82 Å². The molecule has 0 aromatic heterocycles. The van der Waals surface area contributed by atoms with Crippen molar-refractivity contribution in [2.75, 3.05) is 33.4 Å². The van der Waals surface area contributed by atoms with Crippen molar-refractivity contribution < 1.29 is 17.5 Å². The minimum atomic E-state index is -3.87.